The predicted molar refractivity (Wildman–Crippen MR) is 64.5 cm³/mol. The van der Waals surface area contributed by atoms with E-state index >= 15 is 0 Å². The molecular formula is C10H16N2OS2. The van der Waals surface area contributed by atoms with Crippen LogP contribution in [0.15, 0.2) is 11.7 Å². The van der Waals surface area contributed by atoms with Gasteiger partial charge in [0.2, 0.25) is 0 Å². The first-order valence-electron chi connectivity index (χ1n) is 5.30. The topological polar surface area (TPSA) is 42.0 Å². The number of nitrogens with one attached hydrogen (secondary N) is 1. The van der Waals surface area contributed by atoms with Crippen molar-refractivity contribution >= 4 is 22.1 Å². The molecule has 2 rings (SSSR count). The highest BCUT2D eigenvalue weighted by Crippen LogP contribution is 2.12. The van der Waals surface area contributed by atoms with Crippen molar-refractivity contribution in [3.8, 4) is 0 Å². The maximum absolute atomic E-state index is 11.8. The lowest BCUT2D eigenvalue weighted by Gasteiger charge is -2.22. The van der Waals surface area contributed by atoms with Gasteiger partial charge in [0.15, 0.2) is 0 Å². The van der Waals surface area contributed by atoms with Gasteiger partial charge in [-0.1, -0.05) is 6.42 Å². The third-order valence-electron chi connectivity index (χ3n) is 2.59. The second-order valence-electron chi connectivity index (χ2n) is 3.87. The highest BCUT2D eigenvalue weighted by molar-refractivity contribution is 7.84. The van der Waals surface area contributed by atoms with Crippen molar-refractivity contribution in [3.63, 3.8) is 0 Å². The van der Waals surface area contributed by atoms with Gasteiger partial charge in [0.25, 0.3) is 0 Å². The summed E-state index contributed by atoms with van der Waals surface area (Å²) >= 11 is 1.59. The average molecular weight is 244 g/mol. The minimum atomic E-state index is -0.739. The summed E-state index contributed by atoms with van der Waals surface area (Å²) in [6.45, 7) is 1.09. The van der Waals surface area contributed by atoms with Crippen LogP contribution in [0.3, 0.4) is 0 Å². The Morgan fingerprint density at radius 2 is 2.53 bits per heavy atom. The Morgan fingerprint density at radius 1 is 1.60 bits per heavy atom. The Hall–Kier alpha value is -0.260. The third-order valence-corrected chi connectivity index (χ3v) is 4.96. The molecule has 0 radical (unpaired) electrons. The largest absolute Gasteiger partial charge is 0.313 e. The summed E-state index contributed by atoms with van der Waals surface area (Å²) in [6, 6.07) is 0.465. The molecule has 1 N–H and O–H groups in total. The second kappa shape index (κ2) is 5.72. The van der Waals surface area contributed by atoms with Crippen LogP contribution in [-0.4, -0.2) is 27.5 Å². The van der Waals surface area contributed by atoms with Crippen molar-refractivity contribution < 1.29 is 4.21 Å². The monoisotopic (exact) mass is 244 g/mol. The highest BCUT2D eigenvalue weighted by Gasteiger charge is 2.15. The molecule has 15 heavy (non-hydrogen) atoms. The number of hydrogen-bond acceptors (Lipinski definition) is 4. The van der Waals surface area contributed by atoms with E-state index in [0.717, 1.165) is 17.2 Å². The van der Waals surface area contributed by atoms with E-state index in [2.05, 4.69) is 10.3 Å². The van der Waals surface area contributed by atoms with Crippen molar-refractivity contribution in [2.24, 2.45) is 0 Å². The van der Waals surface area contributed by atoms with Gasteiger partial charge in [0.1, 0.15) is 0 Å². The van der Waals surface area contributed by atoms with Gasteiger partial charge in [-0.2, -0.15) is 0 Å². The van der Waals surface area contributed by atoms with E-state index in [1.807, 2.05) is 6.20 Å². The van der Waals surface area contributed by atoms with E-state index in [1.165, 1.54) is 19.3 Å². The van der Waals surface area contributed by atoms with Crippen molar-refractivity contribution in [3.05, 3.63) is 16.6 Å². The SMILES string of the molecule is O=[S@@](Cc1cncs1)C[C@H]1CCCCN1. The lowest BCUT2D eigenvalue weighted by molar-refractivity contribution is 0.427. The number of thiazole rings is 1. The summed E-state index contributed by atoms with van der Waals surface area (Å²) < 4.78 is 11.8. The molecule has 1 saturated heterocycles. The Morgan fingerprint density at radius 3 is 3.20 bits per heavy atom. The Balaban J connectivity index is 1.76. The van der Waals surface area contributed by atoms with Crippen LogP contribution < -0.4 is 5.32 Å². The Bertz CT molecular complexity index is 307. The van der Waals surface area contributed by atoms with Crippen LogP contribution in [0, 0.1) is 0 Å². The van der Waals surface area contributed by atoms with E-state index < -0.39 is 10.8 Å². The van der Waals surface area contributed by atoms with Crippen molar-refractivity contribution in [1.82, 2.24) is 10.3 Å². The number of aromatic nitrogens is 1. The standard InChI is InChI=1S/C10H16N2OS2/c13-15(7-10-5-11-8-14-10)6-9-3-1-2-4-12-9/h5,8-9,12H,1-4,6-7H2/t9-,15-/m1/s1. The maximum Gasteiger partial charge on any atom is 0.0794 e. The van der Waals surface area contributed by atoms with E-state index in [4.69, 9.17) is 0 Å². The molecule has 0 bridgehead atoms. The zero-order valence-electron chi connectivity index (χ0n) is 8.65. The molecule has 0 saturated carbocycles. The van der Waals surface area contributed by atoms with Gasteiger partial charge >= 0.3 is 0 Å². The molecule has 1 aromatic rings. The number of nitrogens with zero attached hydrogens (tertiary/aromatic N) is 1. The van der Waals surface area contributed by atoms with Crippen LogP contribution in [0.4, 0.5) is 0 Å². The molecule has 1 aromatic heterocycles. The summed E-state index contributed by atoms with van der Waals surface area (Å²) in [5, 5.41) is 3.42. The Labute approximate surface area is 96.8 Å². The second-order valence-corrected chi connectivity index (χ2v) is 6.34. The van der Waals surface area contributed by atoms with E-state index in [0.29, 0.717) is 11.8 Å². The molecule has 0 amide bonds. The lowest BCUT2D eigenvalue weighted by Crippen LogP contribution is -2.38. The van der Waals surface area contributed by atoms with Crippen LogP contribution >= 0.6 is 11.3 Å². The maximum atomic E-state index is 11.8. The minimum Gasteiger partial charge on any atom is -0.313 e. The molecular weight excluding hydrogens is 228 g/mol. The smallest absolute Gasteiger partial charge is 0.0794 e. The number of hydrogen-bond donors (Lipinski definition) is 1. The molecule has 3 nitrogen and oxygen atoms in total. The van der Waals surface area contributed by atoms with Crippen LogP contribution in [-0.2, 0) is 16.6 Å². The summed E-state index contributed by atoms with van der Waals surface area (Å²) in [4.78, 5) is 5.12. The Kier molecular flexibility index (Phi) is 4.29. The molecule has 84 valence electrons. The van der Waals surface area contributed by atoms with Crippen molar-refractivity contribution in [2.45, 2.75) is 31.1 Å². The molecule has 5 heteroatoms. The van der Waals surface area contributed by atoms with E-state index in [-0.39, 0.29) is 0 Å². The fourth-order valence-electron chi connectivity index (χ4n) is 1.82. The van der Waals surface area contributed by atoms with Crippen molar-refractivity contribution in [1.29, 1.82) is 0 Å². The predicted octanol–water partition coefficient (Wildman–Crippen LogP) is 1.53. The number of rotatable bonds is 4. The third kappa shape index (κ3) is 3.66. The number of piperidine rings is 1. The normalized spacial score (nSPS) is 23.9. The van der Waals surface area contributed by atoms with E-state index in [1.54, 1.807) is 16.8 Å². The van der Waals surface area contributed by atoms with E-state index in [9.17, 15) is 4.21 Å². The molecule has 0 aliphatic carbocycles. The minimum absolute atomic E-state index is 0.465. The van der Waals surface area contributed by atoms with Crippen LogP contribution in [0.25, 0.3) is 0 Å². The molecule has 1 aliphatic heterocycles. The van der Waals surface area contributed by atoms with Gasteiger partial charge in [-0.05, 0) is 19.4 Å². The summed E-state index contributed by atoms with van der Waals surface area (Å²) in [5.74, 6) is 1.46. The summed E-state index contributed by atoms with van der Waals surface area (Å²) in [7, 11) is -0.739. The van der Waals surface area contributed by atoms with Gasteiger partial charge in [0, 0.05) is 33.7 Å². The first-order chi connectivity index (χ1) is 7.34. The first kappa shape index (κ1) is 11.2. The van der Waals surface area contributed by atoms with Gasteiger partial charge in [-0.15, -0.1) is 11.3 Å². The van der Waals surface area contributed by atoms with Gasteiger partial charge in [-0.25, -0.2) is 0 Å². The highest BCUT2D eigenvalue weighted by atomic mass is 32.2. The first-order valence-corrected chi connectivity index (χ1v) is 7.67. The lowest BCUT2D eigenvalue weighted by atomic mass is 10.1. The fourth-order valence-corrected chi connectivity index (χ4v) is 4.11. The summed E-state index contributed by atoms with van der Waals surface area (Å²) in [5.41, 5.74) is 1.80. The fraction of sp³-hybridized carbons (Fsp3) is 0.700. The molecule has 1 aliphatic rings. The van der Waals surface area contributed by atoms with Gasteiger partial charge in [0.05, 0.1) is 11.3 Å². The zero-order valence-corrected chi connectivity index (χ0v) is 10.3. The van der Waals surface area contributed by atoms with Crippen LogP contribution in [0.5, 0.6) is 0 Å². The van der Waals surface area contributed by atoms with Crippen LogP contribution in [0.1, 0.15) is 24.1 Å². The molecule has 2 atom stereocenters. The zero-order chi connectivity index (χ0) is 10.5. The molecule has 0 spiro atoms. The van der Waals surface area contributed by atoms with Crippen molar-refractivity contribution in [2.75, 3.05) is 12.3 Å². The molecule has 0 unspecified atom stereocenters. The van der Waals surface area contributed by atoms with Gasteiger partial charge < -0.3 is 5.32 Å². The average Bonchev–Trinajstić information content (AvgIpc) is 2.71. The summed E-state index contributed by atoms with van der Waals surface area (Å²) in [6.07, 6.45) is 5.53. The van der Waals surface area contributed by atoms with Gasteiger partial charge in [-0.3, -0.25) is 9.19 Å². The molecule has 1 fully saturated rings. The quantitative estimate of drug-likeness (QED) is 0.873. The molecule has 0 aromatic carbocycles. The molecule has 2 heterocycles. The van der Waals surface area contributed by atoms with Crippen LogP contribution in [0.2, 0.25) is 0 Å².